The van der Waals surface area contributed by atoms with Crippen LogP contribution >= 0.6 is 0 Å². The predicted octanol–water partition coefficient (Wildman–Crippen LogP) is 3.51. The van der Waals surface area contributed by atoms with E-state index in [1.807, 2.05) is 25.2 Å². The molecule has 3 heterocycles. The van der Waals surface area contributed by atoms with Crippen LogP contribution in [0.1, 0.15) is 29.5 Å². The van der Waals surface area contributed by atoms with E-state index in [4.69, 9.17) is 0 Å². The second kappa shape index (κ2) is 6.16. The van der Waals surface area contributed by atoms with Crippen LogP contribution < -0.4 is 10.6 Å². The van der Waals surface area contributed by atoms with Gasteiger partial charge in [0.25, 0.3) is 0 Å². The summed E-state index contributed by atoms with van der Waals surface area (Å²) in [5, 5.41) is 7.06. The van der Waals surface area contributed by atoms with Crippen LogP contribution in [0, 0.1) is 0 Å². The van der Waals surface area contributed by atoms with Gasteiger partial charge in [-0.2, -0.15) is 0 Å². The summed E-state index contributed by atoms with van der Waals surface area (Å²) in [6, 6.07) is 12.2. The van der Waals surface area contributed by atoms with Gasteiger partial charge in [0.1, 0.15) is 11.6 Å². The molecule has 0 saturated heterocycles. The Bertz CT molecular complexity index is 967. The smallest absolute Gasteiger partial charge is 0.233 e. The minimum atomic E-state index is -0.184. The van der Waals surface area contributed by atoms with E-state index in [9.17, 15) is 4.79 Å². The summed E-state index contributed by atoms with van der Waals surface area (Å²) in [6.45, 7) is 2.14. The lowest BCUT2D eigenvalue weighted by molar-refractivity contribution is -0.117. The van der Waals surface area contributed by atoms with Crippen molar-refractivity contribution in [3.8, 4) is 0 Å². The van der Waals surface area contributed by atoms with Crippen LogP contribution in [0.4, 0.5) is 11.6 Å². The van der Waals surface area contributed by atoms with Gasteiger partial charge in [0, 0.05) is 24.2 Å². The van der Waals surface area contributed by atoms with Gasteiger partial charge in [-0.05, 0) is 54.3 Å². The first-order valence-electron chi connectivity index (χ1n) is 8.55. The SMILES string of the molecule is CCc1cc2nc(NC)ccc2cc1CC1C(=O)Nc2ncccc21. The molecule has 4 rings (SSSR count). The van der Waals surface area contributed by atoms with Crippen molar-refractivity contribution in [1.29, 1.82) is 0 Å². The number of aryl methyl sites for hydroxylation is 1. The fourth-order valence-corrected chi connectivity index (χ4v) is 3.49. The van der Waals surface area contributed by atoms with Gasteiger partial charge in [0.15, 0.2) is 0 Å². The van der Waals surface area contributed by atoms with Gasteiger partial charge in [-0.25, -0.2) is 9.97 Å². The Morgan fingerprint density at radius 1 is 1.20 bits per heavy atom. The number of pyridine rings is 2. The van der Waals surface area contributed by atoms with Crippen molar-refractivity contribution >= 4 is 28.4 Å². The molecule has 2 aromatic heterocycles. The molecule has 1 amide bonds. The maximum atomic E-state index is 12.4. The first kappa shape index (κ1) is 15.6. The number of benzene rings is 1. The summed E-state index contributed by atoms with van der Waals surface area (Å²) in [4.78, 5) is 21.3. The highest BCUT2D eigenvalue weighted by Crippen LogP contribution is 2.34. The van der Waals surface area contributed by atoms with Crippen LogP contribution in [0.3, 0.4) is 0 Å². The standard InChI is InChI=1S/C20H20N4O/c1-3-12-11-17-13(6-7-18(21-2)23-17)9-14(12)10-16-15-5-4-8-22-19(15)24-20(16)25/h4-9,11,16H,3,10H2,1-2H3,(H,21,23)(H,22,24,25). The van der Waals surface area contributed by atoms with Gasteiger partial charge in [0.05, 0.1) is 11.4 Å². The summed E-state index contributed by atoms with van der Waals surface area (Å²) in [5.41, 5.74) is 4.40. The minimum Gasteiger partial charge on any atom is -0.373 e. The van der Waals surface area contributed by atoms with E-state index in [2.05, 4.69) is 45.7 Å². The fourth-order valence-electron chi connectivity index (χ4n) is 3.49. The normalized spacial score (nSPS) is 15.9. The molecular formula is C20H20N4O. The van der Waals surface area contributed by atoms with E-state index in [1.165, 1.54) is 11.1 Å². The van der Waals surface area contributed by atoms with Crippen molar-refractivity contribution in [2.24, 2.45) is 0 Å². The number of nitrogens with one attached hydrogen (secondary N) is 2. The summed E-state index contributed by atoms with van der Waals surface area (Å²) in [5.74, 6) is 1.39. The van der Waals surface area contributed by atoms with Crippen molar-refractivity contribution < 1.29 is 4.79 Å². The maximum Gasteiger partial charge on any atom is 0.233 e. The van der Waals surface area contributed by atoms with E-state index in [0.29, 0.717) is 12.2 Å². The highest BCUT2D eigenvalue weighted by molar-refractivity contribution is 6.02. The second-order valence-electron chi connectivity index (χ2n) is 6.30. The summed E-state index contributed by atoms with van der Waals surface area (Å²) < 4.78 is 0. The number of fused-ring (bicyclic) bond motifs is 2. The average Bonchev–Trinajstić information content (AvgIpc) is 2.96. The summed E-state index contributed by atoms with van der Waals surface area (Å²) >= 11 is 0. The highest BCUT2D eigenvalue weighted by atomic mass is 16.2. The molecule has 1 unspecified atom stereocenters. The van der Waals surface area contributed by atoms with Crippen molar-refractivity contribution in [2.45, 2.75) is 25.7 Å². The molecule has 1 atom stereocenters. The minimum absolute atomic E-state index is 0.0273. The van der Waals surface area contributed by atoms with Gasteiger partial charge in [-0.15, -0.1) is 0 Å². The molecular weight excluding hydrogens is 312 g/mol. The average molecular weight is 332 g/mol. The topological polar surface area (TPSA) is 66.9 Å². The molecule has 0 saturated carbocycles. The molecule has 1 aliphatic heterocycles. The van der Waals surface area contributed by atoms with Gasteiger partial charge < -0.3 is 10.6 Å². The Hall–Kier alpha value is -2.95. The van der Waals surface area contributed by atoms with Crippen molar-refractivity contribution in [3.63, 3.8) is 0 Å². The highest BCUT2D eigenvalue weighted by Gasteiger charge is 2.31. The first-order valence-corrected chi connectivity index (χ1v) is 8.55. The molecule has 5 nitrogen and oxygen atoms in total. The number of aromatic nitrogens is 2. The Morgan fingerprint density at radius 2 is 2.08 bits per heavy atom. The molecule has 0 bridgehead atoms. The van der Waals surface area contributed by atoms with E-state index < -0.39 is 0 Å². The van der Waals surface area contributed by atoms with Crippen molar-refractivity contribution in [2.75, 3.05) is 17.7 Å². The number of carbonyl (C=O) groups is 1. The largest absolute Gasteiger partial charge is 0.373 e. The van der Waals surface area contributed by atoms with Crippen molar-refractivity contribution in [3.05, 3.63) is 59.3 Å². The van der Waals surface area contributed by atoms with Crippen LogP contribution in [0.15, 0.2) is 42.6 Å². The Kier molecular flexibility index (Phi) is 3.84. The third kappa shape index (κ3) is 2.71. The Labute approximate surface area is 146 Å². The molecule has 25 heavy (non-hydrogen) atoms. The van der Waals surface area contributed by atoms with Crippen LogP contribution in [-0.4, -0.2) is 22.9 Å². The third-order valence-corrected chi connectivity index (χ3v) is 4.84. The summed E-state index contributed by atoms with van der Waals surface area (Å²) in [7, 11) is 1.87. The molecule has 0 fully saturated rings. The lowest BCUT2D eigenvalue weighted by atomic mass is 9.90. The monoisotopic (exact) mass is 332 g/mol. The molecule has 0 spiro atoms. The van der Waals surface area contributed by atoms with Gasteiger partial charge in [0.2, 0.25) is 5.91 Å². The number of hydrogen-bond donors (Lipinski definition) is 2. The second-order valence-corrected chi connectivity index (χ2v) is 6.30. The zero-order valence-electron chi connectivity index (χ0n) is 14.3. The van der Waals surface area contributed by atoms with Gasteiger partial charge in [-0.3, -0.25) is 4.79 Å². The number of nitrogens with zero attached hydrogens (tertiary/aromatic N) is 2. The number of rotatable bonds is 4. The number of amides is 1. The Morgan fingerprint density at radius 3 is 2.88 bits per heavy atom. The lowest BCUT2D eigenvalue weighted by Crippen LogP contribution is -2.15. The molecule has 126 valence electrons. The maximum absolute atomic E-state index is 12.4. The quantitative estimate of drug-likeness (QED) is 0.767. The molecule has 0 radical (unpaired) electrons. The van der Waals surface area contributed by atoms with Crippen LogP contribution in [0.25, 0.3) is 10.9 Å². The van der Waals surface area contributed by atoms with Crippen LogP contribution in [0.2, 0.25) is 0 Å². The molecule has 1 aliphatic rings. The van der Waals surface area contributed by atoms with E-state index in [0.717, 1.165) is 28.7 Å². The molecule has 2 N–H and O–H groups in total. The van der Waals surface area contributed by atoms with E-state index in [1.54, 1.807) is 6.20 Å². The van der Waals surface area contributed by atoms with Gasteiger partial charge in [-0.1, -0.05) is 13.0 Å². The van der Waals surface area contributed by atoms with Gasteiger partial charge >= 0.3 is 0 Å². The zero-order valence-corrected chi connectivity index (χ0v) is 14.3. The molecule has 3 aromatic rings. The predicted molar refractivity (Wildman–Crippen MR) is 100.0 cm³/mol. The summed E-state index contributed by atoms with van der Waals surface area (Å²) in [6.07, 6.45) is 3.29. The number of anilines is 2. The molecule has 5 heteroatoms. The fraction of sp³-hybridized carbons (Fsp3) is 0.250. The number of hydrogen-bond acceptors (Lipinski definition) is 4. The third-order valence-electron chi connectivity index (χ3n) is 4.84. The van der Waals surface area contributed by atoms with Crippen LogP contribution in [-0.2, 0) is 17.6 Å². The zero-order chi connectivity index (χ0) is 17.4. The number of carbonyl (C=O) groups excluding carboxylic acids is 1. The first-order chi connectivity index (χ1) is 12.2. The molecule has 0 aliphatic carbocycles. The molecule has 1 aromatic carbocycles. The Balaban J connectivity index is 1.75. The van der Waals surface area contributed by atoms with Crippen molar-refractivity contribution in [1.82, 2.24) is 9.97 Å². The van der Waals surface area contributed by atoms with E-state index >= 15 is 0 Å². The van der Waals surface area contributed by atoms with Crippen LogP contribution in [0.5, 0.6) is 0 Å². The lowest BCUT2D eigenvalue weighted by Gasteiger charge is -2.14. The van der Waals surface area contributed by atoms with E-state index in [-0.39, 0.29) is 11.8 Å².